The maximum absolute atomic E-state index is 6.56. The second-order valence-electron chi connectivity index (χ2n) is 11.5. The SMILES string of the molecule is Nc1ccccc1N(Cc1ccccc1)c1ccc(-c2ccc3oc4c(ccc5c6ccccc6oc54)c3c2)c2ccccc12. The lowest BCUT2D eigenvalue weighted by molar-refractivity contribution is 0.633. The van der Waals surface area contributed by atoms with Crippen LogP contribution in [0.3, 0.4) is 0 Å². The van der Waals surface area contributed by atoms with Gasteiger partial charge in [0.1, 0.15) is 11.2 Å². The molecular formula is C41H28N2O2. The van der Waals surface area contributed by atoms with Crippen molar-refractivity contribution >= 4 is 71.7 Å². The molecule has 0 saturated carbocycles. The predicted molar refractivity (Wildman–Crippen MR) is 187 cm³/mol. The predicted octanol–water partition coefficient (Wildman–Crippen LogP) is 11.2. The molecule has 0 atom stereocenters. The van der Waals surface area contributed by atoms with E-state index in [-0.39, 0.29) is 0 Å². The third kappa shape index (κ3) is 4.07. The van der Waals surface area contributed by atoms with E-state index in [9.17, 15) is 0 Å². The van der Waals surface area contributed by atoms with Gasteiger partial charge in [0.05, 0.1) is 11.4 Å². The zero-order valence-corrected chi connectivity index (χ0v) is 24.4. The Balaban J connectivity index is 1.22. The Bertz CT molecular complexity index is 2540. The molecule has 45 heavy (non-hydrogen) atoms. The van der Waals surface area contributed by atoms with Crippen molar-refractivity contribution in [2.75, 3.05) is 10.6 Å². The van der Waals surface area contributed by atoms with Crippen LogP contribution in [0.25, 0.3) is 65.8 Å². The molecule has 2 N–H and O–H groups in total. The molecule has 214 valence electrons. The first-order chi connectivity index (χ1) is 22.2. The molecule has 4 heteroatoms. The van der Waals surface area contributed by atoms with Crippen molar-refractivity contribution in [1.82, 2.24) is 0 Å². The Hall–Kier alpha value is -6.00. The molecular weight excluding hydrogens is 552 g/mol. The molecule has 0 saturated heterocycles. The molecule has 2 heterocycles. The van der Waals surface area contributed by atoms with Gasteiger partial charge in [-0.1, -0.05) is 97.1 Å². The summed E-state index contributed by atoms with van der Waals surface area (Å²) in [5, 5.41) is 6.62. The molecule has 0 aliphatic heterocycles. The molecule has 0 amide bonds. The van der Waals surface area contributed by atoms with Gasteiger partial charge < -0.3 is 19.5 Å². The van der Waals surface area contributed by atoms with Gasteiger partial charge in [-0.25, -0.2) is 0 Å². The molecule has 0 bridgehead atoms. The maximum atomic E-state index is 6.56. The Kier molecular flexibility index (Phi) is 5.69. The molecule has 0 unspecified atom stereocenters. The van der Waals surface area contributed by atoms with Gasteiger partial charge in [-0.2, -0.15) is 0 Å². The summed E-state index contributed by atoms with van der Waals surface area (Å²) >= 11 is 0. The van der Waals surface area contributed by atoms with E-state index in [1.54, 1.807) is 0 Å². The van der Waals surface area contributed by atoms with E-state index in [4.69, 9.17) is 14.6 Å². The lowest BCUT2D eigenvalue weighted by Crippen LogP contribution is -2.18. The van der Waals surface area contributed by atoms with E-state index in [0.717, 1.165) is 77.5 Å². The number of benzene rings is 7. The highest BCUT2D eigenvalue weighted by atomic mass is 16.4. The molecule has 0 aliphatic carbocycles. The Morgan fingerprint density at radius 1 is 0.467 bits per heavy atom. The van der Waals surface area contributed by atoms with Crippen LogP contribution in [0.1, 0.15) is 5.56 Å². The largest absolute Gasteiger partial charge is 0.452 e. The monoisotopic (exact) mass is 580 g/mol. The summed E-state index contributed by atoms with van der Waals surface area (Å²) in [6, 6.07) is 50.6. The summed E-state index contributed by atoms with van der Waals surface area (Å²) in [6.45, 7) is 0.696. The zero-order chi connectivity index (χ0) is 29.9. The smallest absolute Gasteiger partial charge is 0.178 e. The summed E-state index contributed by atoms with van der Waals surface area (Å²) in [7, 11) is 0. The van der Waals surface area contributed by atoms with Crippen molar-refractivity contribution in [2.45, 2.75) is 6.54 Å². The number of nitrogens with zero attached hydrogens (tertiary/aromatic N) is 1. The Labute approximate surface area is 259 Å². The topological polar surface area (TPSA) is 55.5 Å². The third-order valence-electron chi connectivity index (χ3n) is 8.90. The minimum atomic E-state index is 0.696. The van der Waals surface area contributed by atoms with Crippen molar-refractivity contribution < 1.29 is 8.83 Å². The summed E-state index contributed by atoms with van der Waals surface area (Å²) in [5.74, 6) is 0. The fourth-order valence-corrected chi connectivity index (χ4v) is 6.75. The second kappa shape index (κ2) is 10.0. The van der Waals surface area contributed by atoms with E-state index in [1.807, 2.05) is 42.5 Å². The van der Waals surface area contributed by atoms with Gasteiger partial charge in [0, 0.05) is 39.2 Å². The van der Waals surface area contributed by atoms with Gasteiger partial charge in [-0.15, -0.1) is 0 Å². The normalized spacial score (nSPS) is 11.7. The average Bonchev–Trinajstić information content (AvgIpc) is 3.66. The maximum Gasteiger partial charge on any atom is 0.178 e. The van der Waals surface area contributed by atoms with Crippen LogP contribution in [0.15, 0.2) is 154 Å². The molecule has 0 spiro atoms. The first-order valence-corrected chi connectivity index (χ1v) is 15.2. The number of rotatable bonds is 5. The number of hydrogen-bond donors (Lipinski definition) is 1. The second-order valence-corrected chi connectivity index (χ2v) is 11.5. The highest BCUT2D eigenvalue weighted by molar-refractivity contribution is 6.19. The number of nitrogens with two attached hydrogens (primary N) is 1. The van der Waals surface area contributed by atoms with Crippen molar-refractivity contribution in [2.24, 2.45) is 0 Å². The summed E-state index contributed by atoms with van der Waals surface area (Å²) in [4.78, 5) is 2.32. The summed E-state index contributed by atoms with van der Waals surface area (Å²) in [5.41, 5.74) is 16.2. The van der Waals surface area contributed by atoms with Crippen LogP contribution in [0.2, 0.25) is 0 Å². The Morgan fingerprint density at radius 2 is 1.11 bits per heavy atom. The van der Waals surface area contributed by atoms with Gasteiger partial charge in [0.25, 0.3) is 0 Å². The first-order valence-electron chi connectivity index (χ1n) is 15.2. The van der Waals surface area contributed by atoms with Crippen molar-refractivity contribution in [3.8, 4) is 11.1 Å². The molecule has 0 fully saturated rings. The molecule has 4 nitrogen and oxygen atoms in total. The number of nitrogen functional groups attached to an aromatic ring is 1. The van der Waals surface area contributed by atoms with Crippen LogP contribution < -0.4 is 10.6 Å². The quantitative estimate of drug-likeness (QED) is 0.206. The number of hydrogen-bond acceptors (Lipinski definition) is 4. The van der Waals surface area contributed by atoms with Crippen LogP contribution in [-0.4, -0.2) is 0 Å². The van der Waals surface area contributed by atoms with Crippen LogP contribution in [0.4, 0.5) is 17.1 Å². The molecule has 2 aromatic heterocycles. The number of fused-ring (bicyclic) bond motifs is 8. The van der Waals surface area contributed by atoms with Gasteiger partial charge in [-0.05, 0) is 70.6 Å². The van der Waals surface area contributed by atoms with Gasteiger partial charge in [0.15, 0.2) is 11.2 Å². The molecule has 7 aromatic carbocycles. The van der Waals surface area contributed by atoms with Crippen LogP contribution in [0, 0.1) is 0 Å². The number of anilines is 3. The first kappa shape index (κ1) is 25.5. The van der Waals surface area contributed by atoms with E-state index in [0.29, 0.717) is 6.54 Å². The van der Waals surface area contributed by atoms with Gasteiger partial charge in [0.2, 0.25) is 0 Å². The molecule has 9 aromatic rings. The minimum absolute atomic E-state index is 0.696. The zero-order valence-electron chi connectivity index (χ0n) is 24.4. The molecule has 0 radical (unpaired) electrons. The lowest BCUT2D eigenvalue weighted by atomic mass is 9.95. The summed E-state index contributed by atoms with van der Waals surface area (Å²) in [6.07, 6.45) is 0. The van der Waals surface area contributed by atoms with Crippen molar-refractivity contribution in [1.29, 1.82) is 0 Å². The number of furan rings is 2. The minimum Gasteiger partial charge on any atom is -0.452 e. The standard InChI is InChI=1S/C41H28N2O2/c42-35-15-7-8-16-37(35)43(25-26-10-2-1-3-11-26)36-22-21-28(29-12-4-5-13-30(29)36)27-18-23-39-34(24-27)33-20-19-32-31-14-6-9-17-38(31)44-40(32)41(33)45-39/h1-24H,25,42H2. The van der Waals surface area contributed by atoms with E-state index < -0.39 is 0 Å². The van der Waals surface area contributed by atoms with E-state index >= 15 is 0 Å². The van der Waals surface area contributed by atoms with Gasteiger partial charge in [-0.3, -0.25) is 0 Å². The van der Waals surface area contributed by atoms with Crippen LogP contribution in [0.5, 0.6) is 0 Å². The van der Waals surface area contributed by atoms with Crippen LogP contribution in [-0.2, 0) is 6.54 Å². The third-order valence-corrected chi connectivity index (χ3v) is 8.90. The van der Waals surface area contributed by atoms with Crippen LogP contribution >= 0.6 is 0 Å². The number of para-hydroxylation sites is 3. The highest BCUT2D eigenvalue weighted by Crippen LogP contribution is 2.43. The summed E-state index contributed by atoms with van der Waals surface area (Å²) < 4.78 is 12.7. The molecule has 9 rings (SSSR count). The Morgan fingerprint density at radius 3 is 1.91 bits per heavy atom. The van der Waals surface area contributed by atoms with Crippen molar-refractivity contribution in [3.63, 3.8) is 0 Å². The fourth-order valence-electron chi connectivity index (χ4n) is 6.75. The highest BCUT2D eigenvalue weighted by Gasteiger charge is 2.19. The average molecular weight is 581 g/mol. The molecule has 0 aliphatic rings. The van der Waals surface area contributed by atoms with Crippen molar-refractivity contribution in [3.05, 3.63) is 151 Å². The lowest BCUT2D eigenvalue weighted by Gasteiger charge is -2.28. The fraction of sp³-hybridized carbons (Fsp3) is 0.0244. The van der Waals surface area contributed by atoms with Gasteiger partial charge >= 0.3 is 0 Å². The van der Waals surface area contributed by atoms with E-state index in [1.165, 1.54) is 10.9 Å². The van der Waals surface area contributed by atoms with E-state index in [2.05, 4.69) is 108 Å².